The predicted molar refractivity (Wildman–Crippen MR) is 69.2 cm³/mol. The minimum absolute atomic E-state index is 0.0968. The maximum atomic E-state index is 12.6. The molecule has 1 aromatic heterocycles. The Morgan fingerprint density at radius 2 is 2.14 bits per heavy atom. The number of aromatic nitrogens is 1. The molecule has 2 aromatic rings. The molecule has 0 saturated heterocycles. The molecule has 0 radical (unpaired) electrons. The lowest BCUT2D eigenvalue weighted by molar-refractivity contribution is -0.154. The van der Waals surface area contributed by atoms with Crippen LogP contribution in [0.1, 0.15) is 23.4 Å². The van der Waals surface area contributed by atoms with E-state index < -0.39 is 11.9 Å². The summed E-state index contributed by atoms with van der Waals surface area (Å²) < 4.78 is 47.6. The van der Waals surface area contributed by atoms with Crippen LogP contribution in [-0.2, 0) is 24.0 Å². The number of aryl methyl sites for hydroxylation is 1. The van der Waals surface area contributed by atoms with Crippen LogP contribution >= 0.6 is 0 Å². The quantitative estimate of drug-likeness (QED) is 0.945. The van der Waals surface area contributed by atoms with Gasteiger partial charge in [-0.1, -0.05) is 6.07 Å². The number of fused-ring (bicyclic) bond motifs is 1. The molecule has 1 aromatic carbocycles. The number of anilines is 1. The summed E-state index contributed by atoms with van der Waals surface area (Å²) in [5.74, 6) is -0.920. The summed E-state index contributed by atoms with van der Waals surface area (Å²) in [6, 6.07) is 5.00. The summed E-state index contributed by atoms with van der Waals surface area (Å²) in [7, 11) is 0. The number of alkyl halides is 3. The molecule has 1 N–H and O–H groups in total. The van der Waals surface area contributed by atoms with Gasteiger partial charge in [0.2, 0.25) is 11.7 Å². The second-order valence-electron chi connectivity index (χ2n) is 4.78. The van der Waals surface area contributed by atoms with Crippen molar-refractivity contribution in [2.75, 3.05) is 5.32 Å². The molecule has 116 valence electrons. The van der Waals surface area contributed by atoms with Crippen LogP contribution < -0.4 is 10.1 Å². The van der Waals surface area contributed by atoms with Gasteiger partial charge in [0.15, 0.2) is 6.39 Å². The molecule has 8 heteroatoms. The molecule has 0 saturated carbocycles. The van der Waals surface area contributed by atoms with E-state index in [0.29, 0.717) is 24.3 Å². The molecule has 0 bridgehead atoms. The van der Waals surface area contributed by atoms with Gasteiger partial charge in [-0.3, -0.25) is 4.79 Å². The standard InChI is InChI=1S/C14H11F3N2O3/c15-14(16,17)13-11(18-7-22-13)6-21-9-3-1-8-2-4-12(20)19-10(8)5-9/h1,3,5,7H,2,4,6H2,(H,19,20). The number of hydrogen-bond donors (Lipinski definition) is 1. The number of nitrogens with zero attached hydrogens (tertiary/aromatic N) is 1. The Balaban J connectivity index is 1.74. The Morgan fingerprint density at radius 1 is 1.32 bits per heavy atom. The first-order valence-electron chi connectivity index (χ1n) is 6.48. The third-order valence-electron chi connectivity index (χ3n) is 3.25. The van der Waals surface area contributed by atoms with Crippen LogP contribution in [-0.4, -0.2) is 10.9 Å². The zero-order chi connectivity index (χ0) is 15.7. The molecule has 0 aliphatic carbocycles. The van der Waals surface area contributed by atoms with Crippen LogP contribution in [0.15, 0.2) is 29.0 Å². The van der Waals surface area contributed by atoms with Gasteiger partial charge in [-0.2, -0.15) is 13.2 Å². The smallest absolute Gasteiger partial charge is 0.451 e. The van der Waals surface area contributed by atoms with Gasteiger partial charge in [-0.15, -0.1) is 0 Å². The summed E-state index contributed by atoms with van der Waals surface area (Å²) in [6.45, 7) is -0.377. The van der Waals surface area contributed by atoms with Crippen LogP contribution in [0.2, 0.25) is 0 Å². The summed E-state index contributed by atoms with van der Waals surface area (Å²) >= 11 is 0. The number of amides is 1. The van der Waals surface area contributed by atoms with E-state index >= 15 is 0 Å². The highest BCUT2D eigenvalue weighted by Crippen LogP contribution is 2.32. The van der Waals surface area contributed by atoms with E-state index in [0.717, 1.165) is 12.0 Å². The van der Waals surface area contributed by atoms with Crippen LogP contribution in [0.3, 0.4) is 0 Å². The van der Waals surface area contributed by atoms with E-state index in [1.54, 1.807) is 18.2 Å². The van der Waals surface area contributed by atoms with Crippen LogP contribution in [0.25, 0.3) is 0 Å². The molecule has 3 rings (SSSR count). The van der Waals surface area contributed by atoms with Gasteiger partial charge in [-0.25, -0.2) is 4.98 Å². The minimum Gasteiger partial charge on any atom is -0.487 e. The second-order valence-corrected chi connectivity index (χ2v) is 4.78. The summed E-state index contributed by atoms with van der Waals surface area (Å²) in [5.41, 5.74) is 1.25. The SMILES string of the molecule is O=C1CCc2ccc(OCc3ncoc3C(F)(F)F)cc2N1. The van der Waals surface area contributed by atoms with E-state index in [-0.39, 0.29) is 18.2 Å². The molecule has 1 amide bonds. The number of halogens is 3. The molecule has 1 aliphatic rings. The third-order valence-corrected chi connectivity index (χ3v) is 3.25. The van der Waals surface area contributed by atoms with Crippen molar-refractivity contribution < 1.29 is 27.1 Å². The number of carbonyl (C=O) groups is 1. The molecule has 0 unspecified atom stereocenters. The molecule has 2 heterocycles. The lowest BCUT2D eigenvalue weighted by Crippen LogP contribution is -2.18. The first-order valence-corrected chi connectivity index (χ1v) is 6.48. The third kappa shape index (κ3) is 2.90. The fraction of sp³-hybridized carbons (Fsp3) is 0.286. The lowest BCUT2D eigenvalue weighted by atomic mass is 10.0. The zero-order valence-corrected chi connectivity index (χ0v) is 11.2. The molecule has 22 heavy (non-hydrogen) atoms. The fourth-order valence-electron chi connectivity index (χ4n) is 2.19. The maximum absolute atomic E-state index is 12.6. The van der Waals surface area contributed by atoms with Crippen molar-refractivity contribution in [2.45, 2.75) is 25.6 Å². The summed E-state index contributed by atoms with van der Waals surface area (Å²) in [5, 5.41) is 2.70. The van der Waals surface area contributed by atoms with Crippen LogP contribution in [0.4, 0.5) is 18.9 Å². The number of rotatable bonds is 3. The summed E-state index contributed by atoms with van der Waals surface area (Å²) in [4.78, 5) is 14.9. The molecular weight excluding hydrogens is 301 g/mol. The Morgan fingerprint density at radius 3 is 2.91 bits per heavy atom. The van der Waals surface area contributed by atoms with Crippen molar-refractivity contribution in [3.63, 3.8) is 0 Å². The van der Waals surface area contributed by atoms with E-state index in [9.17, 15) is 18.0 Å². The topological polar surface area (TPSA) is 64.4 Å². The van der Waals surface area contributed by atoms with Gasteiger partial charge in [0.1, 0.15) is 18.1 Å². The molecule has 0 fully saturated rings. The average Bonchev–Trinajstić information content (AvgIpc) is 2.93. The Kier molecular flexibility index (Phi) is 3.51. The van der Waals surface area contributed by atoms with Crippen molar-refractivity contribution in [3.05, 3.63) is 41.6 Å². The van der Waals surface area contributed by atoms with Gasteiger partial charge in [0, 0.05) is 18.2 Å². The maximum Gasteiger partial charge on any atom is 0.451 e. The van der Waals surface area contributed by atoms with Crippen molar-refractivity contribution >= 4 is 11.6 Å². The van der Waals surface area contributed by atoms with Crippen molar-refractivity contribution in [2.24, 2.45) is 0 Å². The highest BCUT2D eigenvalue weighted by atomic mass is 19.4. The fourth-order valence-corrected chi connectivity index (χ4v) is 2.19. The molecule has 1 aliphatic heterocycles. The van der Waals surface area contributed by atoms with E-state index in [4.69, 9.17) is 4.74 Å². The number of benzene rings is 1. The van der Waals surface area contributed by atoms with E-state index in [1.807, 2.05) is 0 Å². The minimum atomic E-state index is -4.61. The average molecular weight is 312 g/mol. The van der Waals surface area contributed by atoms with Crippen molar-refractivity contribution in [1.29, 1.82) is 0 Å². The Bertz CT molecular complexity index is 710. The second kappa shape index (κ2) is 5.36. The normalized spacial score (nSPS) is 14.4. The highest BCUT2D eigenvalue weighted by Gasteiger charge is 2.38. The van der Waals surface area contributed by atoms with Gasteiger partial charge in [-0.05, 0) is 18.1 Å². The largest absolute Gasteiger partial charge is 0.487 e. The van der Waals surface area contributed by atoms with Gasteiger partial charge in [0.05, 0.1) is 0 Å². The zero-order valence-electron chi connectivity index (χ0n) is 11.2. The Labute approximate surface area is 123 Å². The van der Waals surface area contributed by atoms with Gasteiger partial charge >= 0.3 is 6.18 Å². The van der Waals surface area contributed by atoms with Gasteiger partial charge in [0.25, 0.3) is 0 Å². The van der Waals surface area contributed by atoms with Crippen LogP contribution in [0, 0.1) is 0 Å². The molecule has 0 spiro atoms. The Hall–Kier alpha value is -2.51. The first kappa shape index (κ1) is 14.4. The van der Waals surface area contributed by atoms with E-state index in [2.05, 4.69) is 14.7 Å². The van der Waals surface area contributed by atoms with Crippen LogP contribution in [0.5, 0.6) is 5.75 Å². The number of oxazole rings is 1. The molecule has 0 atom stereocenters. The molecule has 5 nitrogen and oxygen atoms in total. The van der Waals surface area contributed by atoms with Crippen molar-refractivity contribution in [1.82, 2.24) is 4.98 Å². The van der Waals surface area contributed by atoms with E-state index in [1.165, 1.54) is 0 Å². The highest BCUT2D eigenvalue weighted by molar-refractivity contribution is 5.94. The predicted octanol–water partition coefficient (Wildman–Crippen LogP) is 3.16. The summed E-state index contributed by atoms with van der Waals surface area (Å²) in [6.07, 6.45) is -2.84. The number of ether oxygens (including phenoxy) is 1. The number of nitrogens with one attached hydrogen (secondary N) is 1. The monoisotopic (exact) mass is 312 g/mol. The number of hydrogen-bond acceptors (Lipinski definition) is 4. The molecular formula is C14H11F3N2O3. The first-order chi connectivity index (χ1) is 10.4. The van der Waals surface area contributed by atoms with Crippen molar-refractivity contribution in [3.8, 4) is 5.75 Å². The lowest BCUT2D eigenvalue weighted by Gasteiger charge is -2.17. The number of carbonyl (C=O) groups excluding carboxylic acids is 1. The van der Waals surface area contributed by atoms with Gasteiger partial charge < -0.3 is 14.5 Å².